The smallest absolute Gasteiger partial charge is 0.296 e. The molecule has 1 fully saturated rings. The Balaban J connectivity index is 2.13. The quantitative estimate of drug-likeness (QED) is 0.672. The number of amides is 3. The van der Waals surface area contributed by atoms with Gasteiger partial charge in [-0.2, -0.15) is 18.4 Å². The number of alkyl halides is 3. The maximum atomic E-state index is 13.4. The minimum Gasteiger partial charge on any atom is -0.296 e. The van der Waals surface area contributed by atoms with Gasteiger partial charge in [-0.3, -0.25) is 9.69 Å². The Labute approximate surface area is 170 Å². The van der Waals surface area contributed by atoms with E-state index in [2.05, 4.69) is 0 Å². The second kappa shape index (κ2) is 7.59. The van der Waals surface area contributed by atoms with Crippen LogP contribution in [0.15, 0.2) is 42.0 Å². The Hall–Kier alpha value is -2.73. The molecule has 0 bridgehead atoms. The summed E-state index contributed by atoms with van der Waals surface area (Å²) in [7, 11) is 0. The van der Waals surface area contributed by atoms with Gasteiger partial charge in [0.15, 0.2) is 0 Å². The van der Waals surface area contributed by atoms with Crippen LogP contribution in [0.1, 0.15) is 24.5 Å². The van der Waals surface area contributed by atoms with E-state index >= 15 is 0 Å². The monoisotopic (exact) mass is 420 g/mol. The van der Waals surface area contributed by atoms with E-state index in [1.165, 1.54) is 28.8 Å². The van der Waals surface area contributed by atoms with Crippen molar-refractivity contribution < 1.29 is 22.8 Å². The Morgan fingerprint density at radius 1 is 1.31 bits per heavy atom. The molecule has 3 amide bonds. The first-order chi connectivity index (χ1) is 13.7. The number of hydrogen-bond donors (Lipinski definition) is 0. The number of anilines is 1. The zero-order valence-electron chi connectivity index (χ0n) is 15.7. The highest BCUT2D eigenvalue weighted by atomic mass is 32.2. The summed E-state index contributed by atoms with van der Waals surface area (Å²) in [5, 5.41) is 8.98. The average Bonchev–Trinajstić information content (AvgIpc) is 2.89. The zero-order chi connectivity index (χ0) is 21.4. The fraction of sp³-hybridized carbons (Fsp3) is 0.300. The van der Waals surface area contributed by atoms with Crippen LogP contribution in [-0.4, -0.2) is 34.5 Å². The molecule has 1 aromatic carbocycles. The van der Waals surface area contributed by atoms with Gasteiger partial charge in [0.05, 0.1) is 28.8 Å². The third kappa shape index (κ3) is 3.42. The number of carbonyl (C=O) groups excluding carboxylic acids is 2. The molecule has 1 radical (unpaired) electrons. The summed E-state index contributed by atoms with van der Waals surface area (Å²) < 4.78 is 40.1. The molecule has 1 atom stereocenters. The summed E-state index contributed by atoms with van der Waals surface area (Å²) in [5.74, 6) is -0.443. The molecule has 0 saturated carbocycles. The van der Waals surface area contributed by atoms with Gasteiger partial charge < -0.3 is 0 Å². The van der Waals surface area contributed by atoms with Gasteiger partial charge in [0.1, 0.15) is 5.54 Å². The number of benzene rings is 1. The molecule has 1 aromatic rings. The molecule has 0 aromatic heterocycles. The van der Waals surface area contributed by atoms with Crippen LogP contribution in [0.3, 0.4) is 0 Å². The van der Waals surface area contributed by atoms with Crippen molar-refractivity contribution >= 4 is 29.4 Å². The summed E-state index contributed by atoms with van der Waals surface area (Å²) >= 11 is 1.33. The van der Waals surface area contributed by atoms with Gasteiger partial charge >= 0.3 is 12.2 Å². The van der Waals surface area contributed by atoms with E-state index in [1.54, 1.807) is 25.3 Å². The van der Waals surface area contributed by atoms with Crippen molar-refractivity contribution in [3.8, 4) is 6.07 Å². The van der Waals surface area contributed by atoms with Crippen molar-refractivity contribution in [2.45, 2.75) is 25.1 Å². The van der Waals surface area contributed by atoms with E-state index in [9.17, 15) is 22.8 Å². The number of halogens is 3. The predicted molar refractivity (Wildman–Crippen MR) is 104 cm³/mol. The maximum Gasteiger partial charge on any atom is 0.417 e. The standard InChI is InChI=1S/C20H17F3N3O2S/c1-19(14-6-4-3-5-7-14)17(27)26(18(28)25(19)12-29-2)15-9-8-13(11-24)16(10-15)20(21,22)23/h3-4,6-10H,5,12H2,1-2H3. The number of nitrogens with zero attached hydrogens (tertiary/aromatic N) is 3. The maximum absolute atomic E-state index is 13.4. The van der Waals surface area contributed by atoms with Crippen LogP contribution in [0.4, 0.5) is 23.7 Å². The molecule has 1 unspecified atom stereocenters. The molecule has 9 heteroatoms. The normalized spacial score (nSPS) is 22.1. The van der Waals surface area contributed by atoms with E-state index in [4.69, 9.17) is 5.26 Å². The van der Waals surface area contributed by atoms with Gasteiger partial charge in [-0.1, -0.05) is 18.2 Å². The van der Waals surface area contributed by atoms with Crippen molar-refractivity contribution in [1.82, 2.24) is 4.90 Å². The van der Waals surface area contributed by atoms with Crippen molar-refractivity contribution in [2.24, 2.45) is 0 Å². The number of rotatable bonds is 4. The number of urea groups is 1. The first-order valence-corrected chi connectivity index (χ1v) is 10.0. The largest absolute Gasteiger partial charge is 0.417 e. The number of thioether (sulfide) groups is 1. The molecular weight excluding hydrogens is 403 g/mol. The molecule has 0 spiro atoms. The summed E-state index contributed by atoms with van der Waals surface area (Å²) in [4.78, 5) is 28.6. The predicted octanol–water partition coefficient (Wildman–Crippen LogP) is 4.52. The molecule has 29 heavy (non-hydrogen) atoms. The van der Waals surface area contributed by atoms with Crippen LogP contribution in [0.5, 0.6) is 0 Å². The Kier molecular flexibility index (Phi) is 5.50. The van der Waals surface area contributed by atoms with Gasteiger partial charge in [-0.15, -0.1) is 11.8 Å². The molecule has 5 nitrogen and oxygen atoms in total. The Morgan fingerprint density at radius 2 is 2.03 bits per heavy atom. The van der Waals surface area contributed by atoms with Crippen LogP contribution < -0.4 is 4.90 Å². The van der Waals surface area contributed by atoms with E-state index in [0.717, 1.165) is 11.0 Å². The molecule has 1 aliphatic heterocycles. The third-order valence-electron chi connectivity index (χ3n) is 4.97. The van der Waals surface area contributed by atoms with Crippen LogP contribution in [-0.2, 0) is 11.0 Å². The lowest BCUT2D eigenvalue weighted by Gasteiger charge is -2.33. The average molecular weight is 420 g/mol. The van der Waals surface area contributed by atoms with E-state index in [-0.39, 0.29) is 11.6 Å². The summed E-state index contributed by atoms with van der Waals surface area (Å²) in [6, 6.07) is 3.63. The minimum absolute atomic E-state index is 0.189. The van der Waals surface area contributed by atoms with Crippen molar-refractivity contribution in [1.29, 1.82) is 5.26 Å². The molecule has 1 saturated heterocycles. The van der Waals surface area contributed by atoms with Crippen molar-refractivity contribution in [2.75, 3.05) is 17.0 Å². The van der Waals surface area contributed by atoms with Crippen LogP contribution in [0.2, 0.25) is 0 Å². The first-order valence-electron chi connectivity index (χ1n) is 8.63. The molecule has 1 heterocycles. The van der Waals surface area contributed by atoms with Gasteiger partial charge in [0.25, 0.3) is 5.91 Å². The highest BCUT2D eigenvalue weighted by molar-refractivity contribution is 7.98. The van der Waals surface area contributed by atoms with Crippen LogP contribution in [0, 0.1) is 17.8 Å². The summed E-state index contributed by atoms with van der Waals surface area (Å²) in [5.41, 5.74) is -2.70. The molecular formula is C20H17F3N3O2S. The summed E-state index contributed by atoms with van der Waals surface area (Å²) in [6.07, 6.45) is 4.78. The molecule has 151 valence electrons. The molecule has 1 aliphatic carbocycles. The number of carbonyl (C=O) groups is 2. The van der Waals surface area contributed by atoms with E-state index < -0.39 is 34.8 Å². The first kappa shape index (κ1) is 21.0. The minimum atomic E-state index is -4.79. The van der Waals surface area contributed by atoms with Crippen LogP contribution in [0.25, 0.3) is 0 Å². The third-order valence-corrected chi connectivity index (χ3v) is 5.49. The van der Waals surface area contributed by atoms with Crippen molar-refractivity contribution in [3.05, 3.63) is 59.5 Å². The Morgan fingerprint density at radius 3 is 2.59 bits per heavy atom. The van der Waals surface area contributed by atoms with E-state index in [0.29, 0.717) is 18.1 Å². The number of imide groups is 1. The Bertz CT molecular complexity index is 965. The van der Waals surface area contributed by atoms with E-state index in [1.807, 2.05) is 12.5 Å². The molecule has 0 N–H and O–H groups in total. The van der Waals surface area contributed by atoms with Gasteiger partial charge in [-0.25, -0.2) is 9.69 Å². The SMILES string of the molecule is CSCN1C(=O)N(c2ccc(C#N)c(C(F)(F)F)c2)C(=O)C1(C)C1=CC[CH]C=C1. The number of hydrogen-bond acceptors (Lipinski definition) is 4. The fourth-order valence-corrected chi connectivity index (χ4v) is 4.06. The summed E-state index contributed by atoms with van der Waals surface area (Å²) in [6.45, 7) is 1.60. The second-order valence-electron chi connectivity index (χ2n) is 6.67. The molecule has 3 rings (SSSR count). The van der Waals surface area contributed by atoms with Crippen LogP contribution >= 0.6 is 11.8 Å². The lowest BCUT2D eigenvalue weighted by molar-refractivity contribution is -0.137. The zero-order valence-corrected chi connectivity index (χ0v) is 16.5. The van der Waals surface area contributed by atoms with Gasteiger partial charge in [-0.05, 0) is 49.8 Å². The highest BCUT2D eigenvalue weighted by Gasteiger charge is 2.56. The molecule has 2 aliphatic rings. The fourth-order valence-electron chi connectivity index (χ4n) is 3.43. The lowest BCUT2D eigenvalue weighted by Crippen LogP contribution is -2.48. The van der Waals surface area contributed by atoms with Crippen molar-refractivity contribution in [3.63, 3.8) is 0 Å². The lowest BCUT2D eigenvalue weighted by atomic mass is 9.86. The van der Waals surface area contributed by atoms with Gasteiger partial charge in [0.2, 0.25) is 0 Å². The van der Waals surface area contributed by atoms with Gasteiger partial charge in [0, 0.05) is 0 Å². The highest BCUT2D eigenvalue weighted by Crippen LogP contribution is 2.41. The second-order valence-corrected chi connectivity index (χ2v) is 7.51. The number of allylic oxidation sites excluding steroid dienone is 2. The topological polar surface area (TPSA) is 64.4 Å². The number of nitriles is 1.